The van der Waals surface area contributed by atoms with Gasteiger partial charge < -0.3 is 18.9 Å². The average molecular weight is 365 g/mol. The number of aromatic nitrogens is 1. The molecule has 27 heavy (non-hydrogen) atoms. The number of fused-ring (bicyclic) bond motifs is 1. The number of hydrogen-bond donors (Lipinski definition) is 0. The highest BCUT2D eigenvalue weighted by Gasteiger charge is 2.40. The summed E-state index contributed by atoms with van der Waals surface area (Å²) in [6.45, 7) is 3.22. The minimum Gasteiger partial charge on any atom is -0.347 e. The van der Waals surface area contributed by atoms with Gasteiger partial charge in [-0.05, 0) is 12.1 Å². The van der Waals surface area contributed by atoms with E-state index in [9.17, 15) is 4.79 Å². The molecule has 140 valence electrons. The molecule has 2 aromatic rings. The molecule has 6 heteroatoms. The third-order valence-electron chi connectivity index (χ3n) is 5.34. The Hall–Kier alpha value is -2.62. The summed E-state index contributed by atoms with van der Waals surface area (Å²) in [4.78, 5) is 14.4. The average Bonchev–Trinajstić information content (AvgIpc) is 3.30. The fourth-order valence-electron chi connectivity index (χ4n) is 3.88. The van der Waals surface area contributed by atoms with Crippen molar-refractivity contribution in [3.8, 4) is 6.07 Å². The van der Waals surface area contributed by atoms with E-state index in [-0.39, 0.29) is 5.91 Å². The van der Waals surface area contributed by atoms with E-state index < -0.39 is 5.79 Å². The normalized spacial score (nSPS) is 19.1. The van der Waals surface area contributed by atoms with Gasteiger partial charge in [0.25, 0.3) is 0 Å². The van der Waals surface area contributed by atoms with Crippen LogP contribution in [0, 0.1) is 11.3 Å². The molecule has 0 unspecified atom stereocenters. The second-order valence-electron chi connectivity index (χ2n) is 6.97. The molecule has 2 aliphatic heterocycles. The number of piperidine rings is 1. The number of ether oxygens (including phenoxy) is 2. The minimum atomic E-state index is -0.464. The first-order valence-corrected chi connectivity index (χ1v) is 9.40. The second-order valence-corrected chi connectivity index (χ2v) is 6.97. The van der Waals surface area contributed by atoms with Crippen LogP contribution in [0.3, 0.4) is 0 Å². The quantitative estimate of drug-likeness (QED) is 0.782. The summed E-state index contributed by atoms with van der Waals surface area (Å²) in [5.74, 6) is -0.453. The van der Waals surface area contributed by atoms with Gasteiger partial charge in [-0.25, -0.2) is 0 Å². The Kier molecular flexibility index (Phi) is 4.97. The Balaban J connectivity index is 1.46. The van der Waals surface area contributed by atoms with Crippen molar-refractivity contribution in [2.45, 2.75) is 31.6 Å². The summed E-state index contributed by atoms with van der Waals surface area (Å²) in [5.41, 5.74) is 2.07. The highest BCUT2D eigenvalue weighted by molar-refractivity contribution is 5.96. The Labute approximate surface area is 158 Å². The van der Waals surface area contributed by atoms with E-state index in [0.717, 1.165) is 29.3 Å². The van der Waals surface area contributed by atoms with Crippen LogP contribution in [0.15, 0.2) is 36.5 Å². The molecule has 3 heterocycles. The van der Waals surface area contributed by atoms with Crippen molar-refractivity contribution in [1.82, 2.24) is 9.47 Å². The van der Waals surface area contributed by atoms with E-state index in [4.69, 9.17) is 14.7 Å². The molecule has 0 atom stereocenters. The van der Waals surface area contributed by atoms with Crippen LogP contribution < -0.4 is 0 Å². The number of likely N-dealkylation sites (tertiary alicyclic amines) is 1. The van der Waals surface area contributed by atoms with Crippen molar-refractivity contribution in [1.29, 1.82) is 5.26 Å². The van der Waals surface area contributed by atoms with E-state index in [0.29, 0.717) is 39.3 Å². The SMILES string of the molecule is N#CCCn1cc(/C=C/C(=O)N2CCC3(CC2)OCCO3)c2ccccc21. The van der Waals surface area contributed by atoms with Crippen molar-refractivity contribution < 1.29 is 14.3 Å². The molecular formula is C21H23N3O3. The molecule has 0 bridgehead atoms. The van der Waals surface area contributed by atoms with Crippen LogP contribution in [0.2, 0.25) is 0 Å². The maximum atomic E-state index is 12.6. The van der Waals surface area contributed by atoms with Crippen LogP contribution in [0.1, 0.15) is 24.8 Å². The van der Waals surface area contributed by atoms with Crippen LogP contribution >= 0.6 is 0 Å². The molecule has 0 saturated carbocycles. The van der Waals surface area contributed by atoms with Crippen molar-refractivity contribution in [3.05, 3.63) is 42.1 Å². The van der Waals surface area contributed by atoms with Gasteiger partial charge in [-0.2, -0.15) is 5.26 Å². The van der Waals surface area contributed by atoms with E-state index in [1.54, 1.807) is 6.08 Å². The summed E-state index contributed by atoms with van der Waals surface area (Å²) >= 11 is 0. The van der Waals surface area contributed by atoms with Gasteiger partial charge in [0.05, 0.1) is 25.7 Å². The molecule has 6 nitrogen and oxygen atoms in total. The largest absolute Gasteiger partial charge is 0.347 e. The summed E-state index contributed by atoms with van der Waals surface area (Å²) < 4.78 is 13.5. The fraction of sp³-hybridized carbons (Fsp3) is 0.429. The maximum Gasteiger partial charge on any atom is 0.246 e. The second kappa shape index (κ2) is 7.55. The molecule has 1 aromatic carbocycles. The molecule has 0 aliphatic carbocycles. The first-order chi connectivity index (χ1) is 13.2. The minimum absolute atomic E-state index is 0.0108. The molecule has 2 fully saturated rings. The standard InChI is InChI=1S/C21H23N3O3/c22-10-3-11-24-16-17(18-4-1-2-5-19(18)24)6-7-20(25)23-12-8-21(9-13-23)26-14-15-27-21/h1-2,4-7,16H,3,8-9,11-15H2/b7-6+. The zero-order valence-corrected chi connectivity index (χ0v) is 15.3. The van der Waals surface area contributed by atoms with Gasteiger partial charge in [0.15, 0.2) is 5.79 Å². The van der Waals surface area contributed by atoms with E-state index in [1.165, 1.54) is 0 Å². The lowest BCUT2D eigenvalue weighted by molar-refractivity contribution is -0.186. The smallest absolute Gasteiger partial charge is 0.246 e. The molecule has 4 rings (SSSR count). The first-order valence-electron chi connectivity index (χ1n) is 9.40. The van der Waals surface area contributed by atoms with Crippen LogP contribution in [0.25, 0.3) is 17.0 Å². The highest BCUT2D eigenvalue weighted by Crippen LogP contribution is 2.31. The predicted octanol–water partition coefficient (Wildman–Crippen LogP) is 2.93. The lowest BCUT2D eigenvalue weighted by atomic mass is 10.0. The number of rotatable bonds is 4. The number of aryl methyl sites for hydroxylation is 1. The topological polar surface area (TPSA) is 67.5 Å². The van der Waals surface area contributed by atoms with Gasteiger partial charge in [-0.3, -0.25) is 4.79 Å². The Morgan fingerprint density at radius 3 is 2.70 bits per heavy atom. The van der Waals surface area contributed by atoms with E-state index in [1.807, 2.05) is 41.4 Å². The number of carbonyl (C=O) groups is 1. The molecule has 1 spiro atoms. The fourth-order valence-corrected chi connectivity index (χ4v) is 3.88. The van der Waals surface area contributed by atoms with E-state index >= 15 is 0 Å². The summed E-state index contributed by atoms with van der Waals surface area (Å²) in [7, 11) is 0. The van der Waals surface area contributed by atoms with Crippen molar-refractivity contribution in [2.75, 3.05) is 26.3 Å². The van der Waals surface area contributed by atoms with Crippen LogP contribution in [-0.4, -0.2) is 47.5 Å². The van der Waals surface area contributed by atoms with Gasteiger partial charge in [0.1, 0.15) is 0 Å². The number of amides is 1. The first kappa shape index (κ1) is 17.8. The van der Waals surface area contributed by atoms with Crippen LogP contribution in [-0.2, 0) is 20.8 Å². The molecule has 0 N–H and O–H groups in total. The number of nitrogens with zero attached hydrogens (tertiary/aromatic N) is 3. The Bertz CT molecular complexity index is 893. The monoisotopic (exact) mass is 365 g/mol. The van der Waals surface area contributed by atoms with E-state index in [2.05, 4.69) is 10.6 Å². The Morgan fingerprint density at radius 2 is 1.96 bits per heavy atom. The van der Waals surface area contributed by atoms with Crippen molar-refractivity contribution in [2.24, 2.45) is 0 Å². The summed E-state index contributed by atoms with van der Waals surface area (Å²) in [5, 5.41) is 9.95. The number of nitriles is 1. The van der Waals surface area contributed by atoms with Crippen molar-refractivity contribution in [3.63, 3.8) is 0 Å². The molecular weight excluding hydrogens is 342 g/mol. The van der Waals surface area contributed by atoms with Gasteiger partial charge in [0, 0.05) is 61.2 Å². The zero-order chi connectivity index (χ0) is 18.7. The van der Waals surface area contributed by atoms with Gasteiger partial charge in [0.2, 0.25) is 5.91 Å². The molecule has 1 aromatic heterocycles. The van der Waals surface area contributed by atoms with Crippen molar-refractivity contribution >= 4 is 22.9 Å². The molecule has 2 saturated heterocycles. The molecule has 2 aliphatic rings. The lowest BCUT2D eigenvalue weighted by Crippen LogP contribution is -2.46. The highest BCUT2D eigenvalue weighted by atomic mass is 16.7. The summed E-state index contributed by atoms with van der Waals surface area (Å²) in [6.07, 6.45) is 7.43. The summed E-state index contributed by atoms with van der Waals surface area (Å²) in [6, 6.07) is 10.2. The lowest BCUT2D eigenvalue weighted by Gasteiger charge is -2.37. The third-order valence-corrected chi connectivity index (χ3v) is 5.34. The third kappa shape index (κ3) is 3.61. The number of carbonyl (C=O) groups excluding carboxylic acids is 1. The predicted molar refractivity (Wildman–Crippen MR) is 102 cm³/mol. The zero-order valence-electron chi connectivity index (χ0n) is 15.3. The number of benzene rings is 1. The molecule has 0 radical (unpaired) electrons. The number of para-hydroxylation sites is 1. The maximum absolute atomic E-state index is 12.6. The van der Waals surface area contributed by atoms with Gasteiger partial charge in [-0.15, -0.1) is 0 Å². The van der Waals surface area contributed by atoms with Crippen LogP contribution in [0.4, 0.5) is 0 Å². The molecule has 1 amide bonds. The van der Waals surface area contributed by atoms with Crippen LogP contribution in [0.5, 0.6) is 0 Å². The number of hydrogen-bond acceptors (Lipinski definition) is 4. The van der Waals surface area contributed by atoms with Gasteiger partial charge >= 0.3 is 0 Å². The van der Waals surface area contributed by atoms with Gasteiger partial charge in [-0.1, -0.05) is 18.2 Å². The Morgan fingerprint density at radius 1 is 1.22 bits per heavy atom.